The predicted molar refractivity (Wildman–Crippen MR) is 36.6 cm³/mol. The quantitative estimate of drug-likeness (QED) is 0.317. The largest absolute Gasteiger partial charge is 0.316 e. The molecule has 0 bridgehead atoms. The maximum Gasteiger partial charge on any atom is 0.0568 e. The van der Waals surface area contributed by atoms with E-state index in [9.17, 15) is 0 Å². The van der Waals surface area contributed by atoms with Gasteiger partial charge in [0.05, 0.1) is 6.17 Å². The monoisotopic (exact) mass is 130 g/mol. The second-order valence-electron chi connectivity index (χ2n) is 2.20. The molecule has 5 N–H and O–H groups in total. The molecule has 0 saturated carbocycles. The van der Waals surface area contributed by atoms with Gasteiger partial charge in [0, 0.05) is 13.3 Å². The lowest BCUT2D eigenvalue weighted by atomic mass is 10.3. The van der Waals surface area contributed by atoms with Gasteiger partial charge in [-0.15, -0.1) is 0 Å². The van der Waals surface area contributed by atoms with Gasteiger partial charge in [0.2, 0.25) is 0 Å². The molecule has 4 heteroatoms. The van der Waals surface area contributed by atoms with Crippen LogP contribution in [0.2, 0.25) is 0 Å². The van der Waals surface area contributed by atoms with Gasteiger partial charge in [-0.3, -0.25) is 10.6 Å². The molecule has 0 aromatic carbocycles. The molecule has 1 atom stereocenters. The van der Waals surface area contributed by atoms with Crippen LogP contribution in [0, 0.1) is 0 Å². The highest BCUT2D eigenvalue weighted by molar-refractivity contribution is 4.62. The highest BCUT2D eigenvalue weighted by atomic mass is 15.2. The van der Waals surface area contributed by atoms with Gasteiger partial charge >= 0.3 is 0 Å². The zero-order chi connectivity index (χ0) is 6.53. The standard InChI is InChI=1S/C5H14N4/c6-5-1-2-7-3-8-4-9-5/h5,7-9H,1-4,6H2. The average Bonchev–Trinajstić information content (AvgIpc) is 1.79. The van der Waals surface area contributed by atoms with Crippen molar-refractivity contribution in [1.82, 2.24) is 16.0 Å². The van der Waals surface area contributed by atoms with Crippen LogP contribution in [-0.4, -0.2) is 26.0 Å². The van der Waals surface area contributed by atoms with Crippen molar-refractivity contribution < 1.29 is 0 Å². The van der Waals surface area contributed by atoms with Gasteiger partial charge in [-0.1, -0.05) is 0 Å². The second kappa shape index (κ2) is 3.79. The Hall–Kier alpha value is -0.160. The fourth-order valence-electron chi connectivity index (χ4n) is 0.802. The summed E-state index contributed by atoms with van der Waals surface area (Å²) in [7, 11) is 0. The molecular weight excluding hydrogens is 116 g/mol. The van der Waals surface area contributed by atoms with Crippen LogP contribution in [0.3, 0.4) is 0 Å². The first-order valence-electron chi connectivity index (χ1n) is 3.30. The Morgan fingerprint density at radius 2 is 2.11 bits per heavy atom. The molecule has 0 radical (unpaired) electrons. The number of nitrogens with one attached hydrogen (secondary N) is 3. The SMILES string of the molecule is NC1CCNCNCN1. The fraction of sp³-hybridized carbons (Fsp3) is 1.00. The van der Waals surface area contributed by atoms with Gasteiger partial charge in [0.25, 0.3) is 0 Å². The lowest BCUT2D eigenvalue weighted by molar-refractivity contribution is 0.406. The summed E-state index contributed by atoms with van der Waals surface area (Å²) < 4.78 is 0. The predicted octanol–water partition coefficient (Wildman–Crippen LogP) is -1.64. The summed E-state index contributed by atoms with van der Waals surface area (Å²) in [6, 6.07) is 0. The Morgan fingerprint density at radius 3 is 3.00 bits per heavy atom. The van der Waals surface area contributed by atoms with Gasteiger partial charge in [0.1, 0.15) is 0 Å². The molecule has 0 aliphatic carbocycles. The summed E-state index contributed by atoms with van der Waals surface area (Å²) in [4.78, 5) is 0. The van der Waals surface area contributed by atoms with Crippen molar-refractivity contribution in [2.45, 2.75) is 12.6 Å². The lowest BCUT2D eigenvalue weighted by Gasteiger charge is -2.18. The van der Waals surface area contributed by atoms with E-state index in [0.717, 1.165) is 26.3 Å². The van der Waals surface area contributed by atoms with Crippen LogP contribution in [0.4, 0.5) is 0 Å². The first-order chi connectivity index (χ1) is 4.39. The van der Waals surface area contributed by atoms with Crippen LogP contribution < -0.4 is 21.7 Å². The highest BCUT2D eigenvalue weighted by Gasteiger charge is 2.01. The van der Waals surface area contributed by atoms with Gasteiger partial charge in [0.15, 0.2) is 0 Å². The molecule has 0 spiro atoms. The number of hydrogen-bond acceptors (Lipinski definition) is 4. The van der Waals surface area contributed by atoms with Crippen LogP contribution in [0.5, 0.6) is 0 Å². The molecule has 54 valence electrons. The first kappa shape index (κ1) is 6.95. The fourth-order valence-corrected chi connectivity index (χ4v) is 0.802. The van der Waals surface area contributed by atoms with E-state index in [1.54, 1.807) is 0 Å². The summed E-state index contributed by atoms with van der Waals surface area (Å²) in [6.45, 7) is 2.66. The number of hydrogen-bond donors (Lipinski definition) is 4. The van der Waals surface area contributed by atoms with Gasteiger partial charge in [-0.2, -0.15) is 0 Å². The van der Waals surface area contributed by atoms with E-state index in [1.165, 1.54) is 0 Å². The van der Waals surface area contributed by atoms with Crippen LogP contribution in [-0.2, 0) is 0 Å². The summed E-state index contributed by atoms with van der Waals surface area (Å²) >= 11 is 0. The third-order valence-corrected chi connectivity index (χ3v) is 1.37. The average molecular weight is 130 g/mol. The molecule has 1 heterocycles. The maximum absolute atomic E-state index is 5.61. The summed E-state index contributed by atoms with van der Waals surface area (Å²) in [5.41, 5.74) is 5.61. The van der Waals surface area contributed by atoms with Crippen LogP contribution in [0.25, 0.3) is 0 Å². The molecular formula is C5H14N4. The van der Waals surface area contributed by atoms with E-state index >= 15 is 0 Å². The molecule has 1 saturated heterocycles. The van der Waals surface area contributed by atoms with Crippen LogP contribution in [0.15, 0.2) is 0 Å². The van der Waals surface area contributed by atoms with Crippen LogP contribution >= 0.6 is 0 Å². The van der Waals surface area contributed by atoms with Crippen molar-refractivity contribution in [2.24, 2.45) is 5.73 Å². The van der Waals surface area contributed by atoms with Crippen molar-refractivity contribution >= 4 is 0 Å². The molecule has 1 fully saturated rings. The Bertz CT molecular complexity index is 67.4. The summed E-state index contributed by atoms with van der Waals surface area (Å²) in [5.74, 6) is 0. The minimum Gasteiger partial charge on any atom is -0.316 e. The van der Waals surface area contributed by atoms with E-state index < -0.39 is 0 Å². The summed E-state index contributed by atoms with van der Waals surface area (Å²) in [5, 5.41) is 9.41. The van der Waals surface area contributed by atoms with Gasteiger partial charge in [-0.05, 0) is 13.0 Å². The molecule has 1 unspecified atom stereocenters. The highest BCUT2D eigenvalue weighted by Crippen LogP contribution is 1.80. The first-order valence-corrected chi connectivity index (χ1v) is 3.30. The van der Waals surface area contributed by atoms with E-state index in [0.29, 0.717) is 0 Å². The normalized spacial score (nSPS) is 31.0. The molecule has 0 aromatic rings. The Morgan fingerprint density at radius 1 is 1.22 bits per heavy atom. The smallest absolute Gasteiger partial charge is 0.0568 e. The molecule has 9 heavy (non-hydrogen) atoms. The van der Waals surface area contributed by atoms with E-state index in [-0.39, 0.29) is 6.17 Å². The lowest BCUT2D eigenvalue weighted by Crippen LogP contribution is -2.49. The van der Waals surface area contributed by atoms with Gasteiger partial charge in [-0.25, -0.2) is 0 Å². The zero-order valence-corrected chi connectivity index (χ0v) is 5.48. The van der Waals surface area contributed by atoms with Crippen molar-refractivity contribution in [3.63, 3.8) is 0 Å². The minimum absolute atomic E-state index is 0.144. The van der Waals surface area contributed by atoms with Gasteiger partial charge < -0.3 is 11.1 Å². The third-order valence-electron chi connectivity index (χ3n) is 1.37. The number of nitrogens with two attached hydrogens (primary N) is 1. The van der Waals surface area contributed by atoms with E-state index in [2.05, 4.69) is 16.0 Å². The zero-order valence-electron chi connectivity index (χ0n) is 5.48. The molecule has 4 nitrogen and oxygen atoms in total. The van der Waals surface area contributed by atoms with Crippen molar-refractivity contribution in [2.75, 3.05) is 19.9 Å². The Labute approximate surface area is 55.2 Å². The summed E-state index contributed by atoms with van der Waals surface area (Å²) in [6.07, 6.45) is 1.15. The molecule has 1 aliphatic rings. The maximum atomic E-state index is 5.61. The van der Waals surface area contributed by atoms with Crippen molar-refractivity contribution in [3.05, 3.63) is 0 Å². The third kappa shape index (κ3) is 2.76. The van der Waals surface area contributed by atoms with Crippen molar-refractivity contribution in [1.29, 1.82) is 0 Å². The van der Waals surface area contributed by atoms with Crippen LogP contribution in [0.1, 0.15) is 6.42 Å². The second-order valence-corrected chi connectivity index (χ2v) is 2.20. The Balaban J connectivity index is 2.12. The van der Waals surface area contributed by atoms with Crippen molar-refractivity contribution in [3.8, 4) is 0 Å². The minimum atomic E-state index is 0.144. The molecule has 0 aromatic heterocycles. The molecule has 0 amide bonds. The van der Waals surface area contributed by atoms with E-state index in [1.807, 2.05) is 0 Å². The molecule has 1 aliphatic heterocycles. The Kier molecular flexibility index (Phi) is 2.93. The topological polar surface area (TPSA) is 62.1 Å². The molecule has 1 rings (SSSR count). The number of rotatable bonds is 0. The van der Waals surface area contributed by atoms with E-state index in [4.69, 9.17) is 5.73 Å².